The Hall–Kier alpha value is -1.33. The molecule has 0 unspecified atom stereocenters. The second-order valence-corrected chi connectivity index (χ2v) is 2.70. The van der Waals surface area contributed by atoms with Crippen molar-refractivity contribution in [3.05, 3.63) is 23.2 Å². The second-order valence-electron chi connectivity index (χ2n) is 2.70. The number of nitrogens with one attached hydrogen (secondary N) is 1. The van der Waals surface area contributed by atoms with Gasteiger partial charge in [-0.15, -0.1) is 0 Å². The fourth-order valence-corrected chi connectivity index (χ4v) is 1.09. The second kappa shape index (κ2) is 4.78. The van der Waals surface area contributed by atoms with Crippen LogP contribution < -0.4 is 5.48 Å². The number of hydrogen-bond donors (Lipinski definition) is 1. The molecule has 0 spiro atoms. The molecule has 1 N–H and O–H groups in total. The molecule has 0 bridgehead atoms. The van der Waals surface area contributed by atoms with Gasteiger partial charge in [-0.25, -0.2) is 4.79 Å². The van der Waals surface area contributed by atoms with Crippen molar-refractivity contribution in [3.63, 3.8) is 0 Å². The molecule has 0 aliphatic heterocycles. The van der Waals surface area contributed by atoms with Crippen LogP contribution >= 0.6 is 0 Å². The van der Waals surface area contributed by atoms with Crippen molar-refractivity contribution in [2.24, 2.45) is 0 Å². The number of methoxy groups -OCH3 is 1. The van der Waals surface area contributed by atoms with Gasteiger partial charge in [0.1, 0.15) is 17.1 Å². The van der Waals surface area contributed by atoms with E-state index in [-0.39, 0.29) is 0 Å². The summed E-state index contributed by atoms with van der Waals surface area (Å²) in [5.74, 6) is 0.782. The molecule has 0 aliphatic carbocycles. The summed E-state index contributed by atoms with van der Waals surface area (Å²) in [6, 6.07) is 1.63. The Balaban J connectivity index is 2.77. The van der Waals surface area contributed by atoms with Crippen LogP contribution in [0.3, 0.4) is 0 Å². The molecule has 0 atom stereocenters. The maximum absolute atomic E-state index is 11.2. The van der Waals surface area contributed by atoms with E-state index in [0.29, 0.717) is 23.6 Å². The number of furan rings is 1. The van der Waals surface area contributed by atoms with E-state index in [9.17, 15) is 4.79 Å². The summed E-state index contributed by atoms with van der Waals surface area (Å²) in [5, 5.41) is 0. The molecule has 5 nitrogen and oxygen atoms in total. The highest BCUT2D eigenvalue weighted by Crippen LogP contribution is 2.15. The van der Waals surface area contributed by atoms with Crippen LogP contribution in [0.1, 0.15) is 21.9 Å². The van der Waals surface area contributed by atoms with E-state index in [1.54, 1.807) is 13.0 Å². The quantitative estimate of drug-likeness (QED) is 0.579. The number of hydroxylamine groups is 1. The Kier molecular flexibility index (Phi) is 3.67. The average Bonchev–Trinajstić information content (AvgIpc) is 2.55. The molecule has 5 heteroatoms. The van der Waals surface area contributed by atoms with Gasteiger partial charge < -0.3 is 14.0 Å². The molecule has 0 aromatic carbocycles. The van der Waals surface area contributed by atoms with Gasteiger partial charge in [0.25, 0.3) is 0 Å². The maximum atomic E-state index is 11.2. The van der Waals surface area contributed by atoms with E-state index < -0.39 is 5.97 Å². The number of esters is 1. The molecule has 0 amide bonds. The minimum absolute atomic E-state index is 0.394. The lowest BCUT2D eigenvalue weighted by molar-refractivity contribution is 0.0599. The van der Waals surface area contributed by atoms with Crippen LogP contribution in [0, 0.1) is 6.92 Å². The number of rotatable bonds is 4. The molecular formula is C9H13NO4. The number of hydrogen-bond acceptors (Lipinski definition) is 5. The molecule has 1 aromatic rings. The van der Waals surface area contributed by atoms with Crippen molar-refractivity contribution in [2.45, 2.75) is 13.5 Å². The lowest BCUT2D eigenvalue weighted by Gasteiger charge is -1.95. The Morgan fingerprint density at radius 3 is 2.86 bits per heavy atom. The average molecular weight is 199 g/mol. The first-order valence-electron chi connectivity index (χ1n) is 4.12. The highest BCUT2D eigenvalue weighted by molar-refractivity contribution is 5.90. The van der Waals surface area contributed by atoms with Crippen molar-refractivity contribution >= 4 is 5.97 Å². The third-order valence-electron chi connectivity index (χ3n) is 1.76. The van der Waals surface area contributed by atoms with Gasteiger partial charge in [0, 0.05) is 0 Å². The molecule has 0 radical (unpaired) electrons. The first-order chi connectivity index (χ1) is 6.69. The summed E-state index contributed by atoms with van der Waals surface area (Å²) in [6.45, 7) is 2.12. The van der Waals surface area contributed by atoms with E-state index >= 15 is 0 Å². The highest BCUT2D eigenvalue weighted by Gasteiger charge is 2.14. The molecule has 1 heterocycles. The van der Waals surface area contributed by atoms with Gasteiger partial charge in [0.2, 0.25) is 0 Å². The SMILES string of the molecule is CONCc1cc(C(=O)OC)c(C)o1. The zero-order valence-corrected chi connectivity index (χ0v) is 8.42. The summed E-state index contributed by atoms with van der Waals surface area (Å²) < 4.78 is 9.88. The predicted octanol–water partition coefficient (Wildman–Crippen LogP) is 1.03. The zero-order chi connectivity index (χ0) is 10.6. The molecule has 1 rings (SSSR count). The van der Waals surface area contributed by atoms with E-state index in [1.807, 2.05) is 0 Å². The molecule has 78 valence electrons. The van der Waals surface area contributed by atoms with Crippen LogP contribution in [0.15, 0.2) is 10.5 Å². The lowest BCUT2D eigenvalue weighted by atomic mass is 10.2. The molecule has 0 saturated carbocycles. The van der Waals surface area contributed by atoms with Gasteiger partial charge in [0.15, 0.2) is 0 Å². The van der Waals surface area contributed by atoms with Crippen LogP contribution in [0.25, 0.3) is 0 Å². The van der Waals surface area contributed by atoms with Gasteiger partial charge in [0.05, 0.1) is 20.8 Å². The van der Waals surface area contributed by atoms with Gasteiger partial charge in [-0.3, -0.25) is 0 Å². The number of carbonyl (C=O) groups excluding carboxylic acids is 1. The van der Waals surface area contributed by atoms with Crippen LogP contribution in [0.4, 0.5) is 0 Å². The van der Waals surface area contributed by atoms with Gasteiger partial charge >= 0.3 is 5.97 Å². The highest BCUT2D eigenvalue weighted by atomic mass is 16.6. The Labute approximate surface area is 81.9 Å². The van der Waals surface area contributed by atoms with Crippen molar-refractivity contribution in [3.8, 4) is 0 Å². The van der Waals surface area contributed by atoms with E-state index in [1.165, 1.54) is 14.2 Å². The molecule has 0 saturated heterocycles. The molecule has 1 aromatic heterocycles. The zero-order valence-electron chi connectivity index (χ0n) is 8.42. The van der Waals surface area contributed by atoms with Crippen molar-refractivity contribution in [1.29, 1.82) is 0 Å². The van der Waals surface area contributed by atoms with E-state index in [0.717, 1.165) is 0 Å². The number of aryl methyl sites for hydroxylation is 1. The maximum Gasteiger partial charge on any atom is 0.341 e. The molecule has 0 fully saturated rings. The van der Waals surface area contributed by atoms with Crippen LogP contribution in [0.5, 0.6) is 0 Å². The molecule has 14 heavy (non-hydrogen) atoms. The summed E-state index contributed by atoms with van der Waals surface area (Å²) in [5.41, 5.74) is 3.06. The van der Waals surface area contributed by atoms with Crippen molar-refractivity contribution < 1.29 is 18.8 Å². The largest absolute Gasteiger partial charge is 0.465 e. The molecule has 0 aliphatic rings. The van der Waals surface area contributed by atoms with Crippen LogP contribution in [-0.2, 0) is 16.1 Å². The first kappa shape index (κ1) is 10.7. The van der Waals surface area contributed by atoms with E-state index in [4.69, 9.17) is 4.42 Å². The minimum Gasteiger partial charge on any atom is -0.465 e. The number of ether oxygens (including phenoxy) is 1. The summed E-state index contributed by atoms with van der Waals surface area (Å²) in [4.78, 5) is 15.8. The normalized spacial score (nSPS) is 10.2. The van der Waals surface area contributed by atoms with Crippen molar-refractivity contribution in [1.82, 2.24) is 5.48 Å². The van der Waals surface area contributed by atoms with E-state index in [2.05, 4.69) is 15.1 Å². The smallest absolute Gasteiger partial charge is 0.341 e. The van der Waals surface area contributed by atoms with Gasteiger partial charge in [-0.05, 0) is 13.0 Å². The molecular weight excluding hydrogens is 186 g/mol. The minimum atomic E-state index is -0.394. The topological polar surface area (TPSA) is 60.7 Å². The van der Waals surface area contributed by atoms with Crippen molar-refractivity contribution in [2.75, 3.05) is 14.2 Å². The Morgan fingerprint density at radius 1 is 1.57 bits per heavy atom. The van der Waals surface area contributed by atoms with Gasteiger partial charge in [-0.2, -0.15) is 5.48 Å². The fourth-order valence-electron chi connectivity index (χ4n) is 1.09. The summed E-state index contributed by atoms with van der Waals surface area (Å²) >= 11 is 0. The fraction of sp³-hybridized carbons (Fsp3) is 0.444. The third-order valence-corrected chi connectivity index (χ3v) is 1.76. The lowest BCUT2D eigenvalue weighted by Crippen LogP contribution is -2.09. The Bertz CT molecular complexity index is 319. The van der Waals surface area contributed by atoms with Gasteiger partial charge in [-0.1, -0.05) is 0 Å². The third kappa shape index (κ3) is 2.34. The summed E-state index contributed by atoms with van der Waals surface area (Å²) in [6.07, 6.45) is 0. The van der Waals surface area contributed by atoms with Crippen LogP contribution in [-0.4, -0.2) is 20.2 Å². The standard InChI is InChI=1S/C9H13NO4/c1-6-8(9(11)12-2)4-7(14-6)5-10-13-3/h4,10H,5H2,1-3H3. The summed E-state index contributed by atoms with van der Waals surface area (Å²) in [7, 11) is 2.85. The predicted molar refractivity (Wildman–Crippen MR) is 48.6 cm³/mol. The van der Waals surface area contributed by atoms with Crippen LogP contribution in [0.2, 0.25) is 0 Å². The monoisotopic (exact) mass is 199 g/mol. The Morgan fingerprint density at radius 2 is 2.29 bits per heavy atom. The first-order valence-corrected chi connectivity index (χ1v) is 4.12. The number of carbonyl (C=O) groups is 1.